The fraction of sp³-hybridized carbons (Fsp3) is 1.00. The summed E-state index contributed by atoms with van der Waals surface area (Å²) in [5.74, 6) is 0. The lowest BCUT2D eigenvalue weighted by molar-refractivity contribution is -0.0696. The third-order valence-corrected chi connectivity index (χ3v) is 3.90. The summed E-state index contributed by atoms with van der Waals surface area (Å²) in [6.45, 7) is 17.4. The molecule has 0 aromatic heterocycles. The standard InChI is InChI=1S/2C12H26O5.H2O/c2*1-9(13)5-16-11(3)7-15-8-12(4)17-6-10(2)14;/h2*9-14H,5-8H2,1-4H3;1H2. The molecule has 0 aromatic rings. The predicted molar refractivity (Wildman–Crippen MR) is 134 cm³/mol. The molecule has 0 saturated carbocycles. The van der Waals surface area contributed by atoms with Crippen LogP contribution >= 0.6 is 0 Å². The molecule has 0 radical (unpaired) electrons. The van der Waals surface area contributed by atoms with Crippen molar-refractivity contribution in [1.29, 1.82) is 0 Å². The Bertz CT molecular complexity index is 348. The molecule has 0 aromatic carbocycles. The first-order valence-electron chi connectivity index (χ1n) is 12.2. The lowest BCUT2D eigenvalue weighted by atomic mass is 10.4. The lowest BCUT2D eigenvalue weighted by Crippen LogP contribution is -2.25. The molecule has 0 amide bonds. The minimum Gasteiger partial charge on any atom is -0.412 e. The van der Waals surface area contributed by atoms with E-state index in [1.165, 1.54) is 0 Å². The smallest absolute Gasteiger partial charge is 0.0781 e. The second-order valence-electron chi connectivity index (χ2n) is 9.05. The summed E-state index contributed by atoms with van der Waals surface area (Å²) in [4.78, 5) is 0. The van der Waals surface area contributed by atoms with E-state index < -0.39 is 24.4 Å². The first-order valence-corrected chi connectivity index (χ1v) is 12.2. The van der Waals surface area contributed by atoms with Crippen LogP contribution in [0.25, 0.3) is 0 Å². The lowest BCUT2D eigenvalue weighted by Gasteiger charge is -2.17. The highest BCUT2D eigenvalue weighted by atomic mass is 16.6. The number of aliphatic hydroxyl groups excluding tert-OH is 4. The van der Waals surface area contributed by atoms with Crippen molar-refractivity contribution in [2.75, 3.05) is 52.9 Å². The van der Waals surface area contributed by atoms with Gasteiger partial charge in [-0.3, -0.25) is 0 Å². The van der Waals surface area contributed by atoms with E-state index in [2.05, 4.69) is 0 Å². The maximum Gasteiger partial charge on any atom is 0.0781 e. The molecule has 8 unspecified atom stereocenters. The molecule has 6 N–H and O–H groups in total. The summed E-state index contributed by atoms with van der Waals surface area (Å²) in [6, 6.07) is 0. The molecule has 0 heterocycles. The monoisotopic (exact) mass is 518 g/mol. The van der Waals surface area contributed by atoms with Gasteiger partial charge in [-0.05, 0) is 55.4 Å². The normalized spacial score (nSPS) is 18.2. The molecule has 0 aliphatic rings. The average molecular weight is 519 g/mol. The zero-order valence-electron chi connectivity index (χ0n) is 23.0. The van der Waals surface area contributed by atoms with Crippen molar-refractivity contribution in [3.05, 3.63) is 0 Å². The molecule has 0 bridgehead atoms. The Morgan fingerprint density at radius 3 is 0.686 bits per heavy atom. The van der Waals surface area contributed by atoms with Gasteiger partial charge in [-0.15, -0.1) is 0 Å². The maximum atomic E-state index is 9.03. The van der Waals surface area contributed by atoms with Crippen LogP contribution in [0.15, 0.2) is 0 Å². The van der Waals surface area contributed by atoms with Crippen molar-refractivity contribution in [3.8, 4) is 0 Å². The summed E-state index contributed by atoms with van der Waals surface area (Å²) in [5.41, 5.74) is 0. The maximum absolute atomic E-state index is 9.03. The third kappa shape index (κ3) is 33.6. The SMILES string of the molecule is CC(O)COC(C)COCC(C)OCC(C)O.CC(O)COC(C)COCC(C)OCC(C)O.O. The van der Waals surface area contributed by atoms with Gasteiger partial charge in [0.05, 0.1) is 102 Å². The molecular formula is C24H54O11. The molecule has 11 nitrogen and oxygen atoms in total. The number of rotatable bonds is 20. The van der Waals surface area contributed by atoms with Gasteiger partial charge < -0.3 is 54.3 Å². The molecule has 0 spiro atoms. The van der Waals surface area contributed by atoms with Crippen LogP contribution in [-0.4, -0.2) is 128 Å². The van der Waals surface area contributed by atoms with Gasteiger partial charge in [-0.1, -0.05) is 0 Å². The van der Waals surface area contributed by atoms with Gasteiger partial charge in [0.15, 0.2) is 0 Å². The highest BCUT2D eigenvalue weighted by molar-refractivity contribution is 4.55. The molecule has 0 aliphatic carbocycles. The van der Waals surface area contributed by atoms with E-state index >= 15 is 0 Å². The van der Waals surface area contributed by atoms with E-state index in [0.29, 0.717) is 52.9 Å². The Hall–Kier alpha value is -0.440. The van der Waals surface area contributed by atoms with Crippen LogP contribution in [0.2, 0.25) is 0 Å². The molecule has 0 fully saturated rings. The molecule has 8 atom stereocenters. The molecule has 0 aliphatic heterocycles. The van der Waals surface area contributed by atoms with Crippen LogP contribution in [0.3, 0.4) is 0 Å². The highest BCUT2D eigenvalue weighted by Crippen LogP contribution is 1.99. The molecule has 35 heavy (non-hydrogen) atoms. The van der Waals surface area contributed by atoms with E-state index in [-0.39, 0.29) is 29.9 Å². The zero-order valence-corrected chi connectivity index (χ0v) is 23.0. The summed E-state index contributed by atoms with van der Waals surface area (Å²) in [5, 5.41) is 36.1. The van der Waals surface area contributed by atoms with Crippen molar-refractivity contribution < 1.29 is 54.3 Å². The summed E-state index contributed by atoms with van der Waals surface area (Å²) < 4.78 is 32.1. The Kier molecular flexibility index (Phi) is 28.2. The fourth-order valence-corrected chi connectivity index (χ4v) is 2.21. The molecule has 11 heteroatoms. The quantitative estimate of drug-likeness (QED) is 0.176. The number of ether oxygens (including phenoxy) is 6. The van der Waals surface area contributed by atoms with Gasteiger partial charge in [-0.25, -0.2) is 0 Å². The third-order valence-electron chi connectivity index (χ3n) is 3.90. The van der Waals surface area contributed by atoms with Crippen molar-refractivity contribution in [2.45, 2.75) is 104 Å². The van der Waals surface area contributed by atoms with Crippen molar-refractivity contribution >= 4 is 0 Å². The summed E-state index contributed by atoms with van der Waals surface area (Å²) in [7, 11) is 0. The number of aliphatic hydroxyl groups is 4. The van der Waals surface area contributed by atoms with Crippen LogP contribution in [0.1, 0.15) is 55.4 Å². The van der Waals surface area contributed by atoms with Crippen molar-refractivity contribution in [2.24, 2.45) is 0 Å². The van der Waals surface area contributed by atoms with E-state index in [0.717, 1.165) is 0 Å². The molecule has 0 rings (SSSR count). The largest absolute Gasteiger partial charge is 0.412 e. The van der Waals surface area contributed by atoms with E-state index in [1.54, 1.807) is 27.7 Å². The zero-order chi connectivity index (χ0) is 26.5. The first kappa shape index (κ1) is 39.1. The van der Waals surface area contributed by atoms with E-state index in [4.69, 9.17) is 48.8 Å². The number of hydrogen-bond donors (Lipinski definition) is 4. The summed E-state index contributed by atoms with van der Waals surface area (Å²) in [6.07, 6.45) is -2.00. The Morgan fingerprint density at radius 1 is 0.371 bits per heavy atom. The Labute approximate surface area is 211 Å². The number of hydrogen-bond acceptors (Lipinski definition) is 10. The van der Waals surface area contributed by atoms with E-state index in [1.807, 2.05) is 27.7 Å². The Morgan fingerprint density at radius 2 is 0.543 bits per heavy atom. The highest BCUT2D eigenvalue weighted by Gasteiger charge is 2.09. The van der Waals surface area contributed by atoms with Crippen LogP contribution in [-0.2, 0) is 28.4 Å². The fourth-order valence-electron chi connectivity index (χ4n) is 2.21. The van der Waals surface area contributed by atoms with Crippen LogP contribution < -0.4 is 0 Å². The minimum absolute atomic E-state index is 0. The molecule has 216 valence electrons. The second-order valence-corrected chi connectivity index (χ2v) is 9.05. The van der Waals surface area contributed by atoms with E-state index in [9.17, 15) is 0 Å². The molecule has 0 saturated heterocycles. The topological polar surface area (TPSA) is 168 Å². The van der Waals surface area contributed by atoms with Crippen molar-refractivity contribution in [3.63, 3.8) is 0 Å². The van der Waals surface area contributed by atoms with Gasteiger partial charge >= 0.3 is 0 Å². The van der Waals surface area contributed by atoms with Gasteiger partial charge in [0.1, 0.15) is 0 Å². The summed E-state index contributed by atoms with van der Waals surface area (Å²) >= 11 is 0. The van der Waals surface area contributed by atoms with Crippen LogP contribution in [0, 0.1) is 0 Å². The van der Waals surface area contributed by atoms with Crippen LogP contribution in [0.5, 0.6) is 0 Å². The second kappa shape index (κ2) is 25.2. The van der Waals surface area contributed by atoms with Gasteiger partial charge in [0.25, 0.3) is 0 Å². The average Bonchev–Trinajstić information content (AvgIpc) is 2.73. The molecular weight excluding hydrogens is 464 g/mol. The van der Waals surface area contributed by atoms with Gasteiger partial charge in [0, 0.05) is 0 Å². The minimum atomic E-state index is -0.453. The Balaban J connectivity index is -0.000000569. The predicted octanol–water partition coefficient (Wildman–Crippen LogP) is 0.325. The van der Waals surface area contributed by atoms with Crippen LogP contribution in [0.4, 0.5) is 0 Å². The first-order chi connectivity index (χ1) is 15.8. The van der Waals surface area contributed by atoms with Crippen molar-refractivity contribution in [1.82, 2.24) is 0 Å². The van der Waals surface area contributed by atoms with Gasteiger partial charge in [0.2, 0.25) is 0 Å². The van der Waals surface area contributed by atoms with Gasteiger partial charge in [-0.2, -0.15) is 0 Å².